The summed E-state index contributed by atoms with van der Waals surface area (Å²) in [6, 6.07) is 5.05. The van der Waals surface area contributed by atoms with Crippen LogP contribution in [0.25, 0.3) is 0 Å². The van der Waals surface area contributed by atoms with E-state index in [9.17, 15) is 8.42 Å². The van der Waals surface area contributed by atoms with Crippen LogP contribution in [0.1, 0.15) is 0 Å². The van der Waals surface area contributed by atoms with Crippen molar-refractivity contribution in [2.24, 2.45) is 0 Å². The van der Waals surface area contributed by atoms with Crippen LogP contribution >= 0.6 is 31.9 Å². The molecule has 0 amide bonds. The molecule has 0 atom stereocenters. The topological polar surface area (TPSA) is 58.6 Å². The van der Waals surface area contributed by atoms with Crippen LogP contribution in [0, 0.1) is 0 Å². The van der Waals surface area contributed by atoms with Crippen LogP contribution in [0.4, 0.5) is 0 Å². The van der Waals surface area contributed by atoms with Crippen molar-refractivity contribution in [1.82, 2.24) is 9.62 Å². The van der Waals surface area contributed by atoms with Crippen molar-refractivity contribution < 1.29 is 13.2 Å². The van der Waals surface area contributed by atoms with E-state index in [0.717, 1.165) is 11.0 Å². The number of halogens is 2. The van der Waals surface area contributed by atoms with Crippen molar-refractivity contribution >= 4 is 41.9 Å². The number of hydrogen-bond acceptors (Lipinski definition) is 4. The zero-order chi connectivity index (χ0) is 15.2. The summed E-state index contributed by atoms with van der Waals surface area (Å²) in [6.45, 7) is 2.36. The predicted molar refractivity (Wildman–Crippen MR) is 86.4 cm³/mol. The Bertz CT molecular complexity index is 538. The van der Waals surface area contributed by atoms with E-state index in [-0.39, 0.29) is 4.90 Å². The molecule has 0 aliphatic rings. The second-order valence-electron chi connectivity index (χ2n) is 4.27. The number of nitrogens with zero attached hydrogens (tertiary/aromatic N) is 1. The molecule has 5 nitrogen and oxygen atoms in total. The average Bonchev–Trinajstić information content (AvgIpc) is 2.38. The van der Waals surface area contributed by atoms with Crippen LogP contribution in [-0.2, 0) is 14.8 Å². The normalized spacial score (nSPS) is 12.1. The number of nitrogens with one attached hydrogen (secondary N) is 1. The standard InChI is InChI=1S/C12H18Br2N2O3S/c1-16(7-8-19-2)6-5-15-20(17,18)12-9-10(13)3-4-11(12)14/h3-4,9,15H,5-8H2,1-2H3. The van der Waals surface area contributed by atoms with E-state index in [1.54, 1.807) is 25.3 Å². The minimum atomic E-state index is -3.51. The van der Waals surface area contributed by atoms with Crippen LogP contribution in [0.5, 0.6) is 0 Å². The Morgan fingerprint density at radius 2 is 2.00 bits per heavy atom. The summed E-state index contributed by atoms with van der Waals surface area (Å²) in [7, 11) is 0.0448. The maximum atomic E-state index is 12.2. The Morgan fingerprint density at radius 1 is 1.30 bits per heavy atom. The molecule has 0 heterocycles. The third kappa shape index (κ3) is 5.79. The molecule has 1 rings (SSSR count). The molecule has 0 aliphatic carbocycles. The van der Waals surface area contributed by atoms with Crippen LogP contribution < -0.4 is 4.72 Å². The number of likely N-dealkylation sites (N-methyl/N-ethyl adjacent to an activating group) is 1. The van der Waals surface area contributed by atoms with E-state index >= 15 is 0 Å². The fraction of sp³-hybridized carbons (Fsp3) is 0.500. The quantitative estimate of drug-likeness (QED) is 0.687. The third-order valence-electron chi connectivity index (χ3n) is 2.65. The van der Waals surface area contributed by atoms with Gasteiger partial charge in [-0.1, -0.05) is 15.9 Å². The molecule has 0 aliphatic heterocycles. The van der Waals surface area contributed by atoms with Gasteiger partial charge in [-0.25, -0.2) is 13.1 Å². The van der Waals surface area contributed by atoms with Gasteiger partial charge in [-0.2, -0.15) is 0 Å². The zero-order valence-corrected chi connectivity index (χ0v) is 15.4. The lowest BCUT2D eigenvalue weighted by Crippen LogP contribution is -2.34. The molecule has 0 aromatic heterocycles. The highest BCUT2D eigenvalue weighted by Gasteiger charge is 2.17. The molecule has 8 heteroatoms. The zero-order valence-electron chi connectivity index (χ0n) is 11.4. The van der Waals surface area contributed by atoms with Crippen molar-refractivity contribution in [2.45, 2.75) is 4.90 Å². The monoisotopic (exact) mass is 428 g/mol. The van der Waals surface area contributed by atoms with E-state index in [1.807, 2.05) is 11.9 Å². The maximum Gasteiger partial charge on any atom is 0.241 e. The molecule has 0 unspecified atom stereocenters. The minimum absolute atomic E-state index is 0.228. The summed E-state index contributed by atoms with van der Waals surface area (Å²) in [5, 5.41) is 0. The lowest BCUT2D eigenvalue weighted by atomic mass is 10.4. The minimum Gasteiger partial charge on any atom is -0.383 e. The first-order valence-corrected chi connectivity index (χ1v) is 9.06. The molecule has 0 radical (unpaired) electrons. The molecule has 0 spiro atoms. The molecule has 0 fully saturated rings. The van der Waals surface area contributed by atoms with Crippen LogP contribution in [0.15, 0.2) is 32.0 Å². The van der Waals surface area contributed by atoms with Crippen LogP contribution in [-0.4, -0.2) is 53.7 Å². The second-order valence-corrected chi connectivity index (χ2v) is 7.77. The fourth-order valence-electron chi connectivity index (χ4n) is 1.49. The highest BCUT2D eigenvalue weighted by atomic mass is 79.9. The first-order valence-electron chi connectivity index (χ1n) is 5.99. The van der Waals surface area contributed by atoms with E-state index < -0.39 is 10.0 Å². The molecule has 1 N–H and O–H groups in total. The summed E-state index contributed by atoms with van der Waals surface area (Å²) >= 11 is 6.53. The van der Waals surface area contributed by atoms with Gasteiger partial charge in [-0.15, -0.1) is 0 Å². The highest BCUT2D eigenvalue weighted by molar-refractivity contribution is 9.11. The lowest BCUT2D eigenvalue weighted by Gasteiger charge is -2.16. The summed E-state index contributed by atoms with van der Waals surface area (Å²) in [4.78, 5) is 2.23. The van der Waals surface area contributed by atoms with Crippen LogP contribution in [0.3, 0.4) is 0 Å². The SMILES string of the molecule is COCCN(C)CCNS(=O)(=O)c1cc(Br)ccc1Br. The Balaban J connectivity index is 2.60. The van der Waals surface area contributed by atoms with Crippen molar-refractivity contribution in [2.75, 3.05) is 40.4 Å². The Morgan fingerprint density at radius 3 is 2.65 bits per heavy atom. The molecule has 0 bridgehead atoms. The smallest absolute Gasteiger partial charge is 0.241 e. The molecule has 1 aromatic carbocycles. The second kappa shape index (κ2) is 8.45. The van der Waals surface area contributed by atoms with Crippen molar-refractivity contribution in [3.05, 3.63) is 27.1 Å². The van der Waals surface area contributed by atoms with Gasteiger partial charge in [0.15, 0.2) is 0 Å². The first-order chi connectivity index (χ1) is 9.36. The highest BCUT2D eigenvalue weighted by Crippen LogP contribution is 2.25. The molecule has 0 saturated heterocycles. The van der Waals surface area contributed by atoms with Gasteiger partial charge in [-0.3, -0.25) is 0 Å². The van der Waals surface area contributed by atoms with Gasteiger partial charge in [0.05, 0.1) is 11.5 Å². The van der Waals surface area contributed by atoms with Crippen molar-refractivity contribution in [1.29, 1.82) is 0 Å². The van der Waals surface area contributed by atoms with E-state index in [1.165, 1.54) is 0 Å². The van der Waals surface area contributed by atoms with Crippen molar-refractivity contribution in [3.8, 4) is 0 Å². The van der Waals surface area contributed by atoms with Crippen LogP contribution in [0.2, 0.25) is 0 Å². The molecule has 20 heavy (non-hydrogen) atoms. The molecular weight excluding hydrogens is 412 g/mol. The van der Waals surface area contributed by atoms with Gasteiger partial charge in [0.1, 0.15) is 0 Å². The van der Waals surface area contributed by atoms with Gasteiger partial charge in [0.25, 0.3) is 0 Å². The lowest BCUT2D eigenvalue weighted by molar-refractivity contribution is 0.162. The van der Waals surface area contributed by atoms with Crippen molar-refractivity contribution in [3.63, 3.8) is 0 Å². The van der Waals surface area contributed by atoms with Gasteiger partial charge in [0, 0.05) is 35.7 Å². The van der Waals surface area contributed by atoms with Gasteiger partial charge in [0.2, 0.25) is 10.0 Å². The average molecular weight is 430 g/mol. The maximum absolute atomic E-state index is 12.2. The fourth-order valence-corrected chi connectivity index (χ4v) is 4.01. The number of ether oxygens (including phenoxy) is 1. The van der Waals surface area contributed by atoms with E-state index in [0.29, 0.717) is 24.2 Å². The largest absolute Gasteiger partial charge is 0.383 e. The summed E-state index contributed by atoms with van der Waals surface area (Å²) < 4.78 is 33.2. The molecule has 0 saturated carbocycles. The predicted octanol–water partition coefficient (Wildman–Crippen LogP) is 2.07. The number of hydrogen-bond donors (Lipinski definition) is 1. The Labute approximate surface area is 137 Å². The molecular formula is C12H18Br2N2O3S. The number of benzene rings is 1. The van der Waals surface area contributed by atoms with Gasteiger partial charge >= 0.3 is 0 Å². The number of sulfonamides is 1. The Hall–Kier alpha value is 0.01000. The summed E-state index contributed by atoms with van der Waals surface area (Å²) in [5.41, 5.74) is 0. The van der Waals surface area contributed by atoms with E-state index in [4.69, 9.17) is 4.74 Å². The summed E-state index contributed by atoms with van der Waals surface area (Å²) in [6.07, 6.45) is 0. The van der Waals surface area contributed by atoms with E-state index in [2.05, 4.69) is 36.6 Å². The molecule has 1 aromatic rings. The van der Waals surface area contributed by atoms with Gasteiger partial charge in [-0.05, 0) is 41.2 Å². The third-order valence-corrected chi connectivity index (χ3v) is 5.59. The molecule has 114 valence electrons. The first kappa shape index (κ1) is 18.1. The Kier molecular flexibility index (Phi) is 7.63. The summed E-state index contributed by atoms with van der Waals surface area (Å²) in [5.74, 6) is 0. The number of rotatable bonds is 8. The number of methoxy groups -OCH3 is 1. The van der Waals surface area contributed by atoms with Gasteiger partial charge < -0.3 is 9.64 Å².